The molecular formula is C17H18O2. The van der Waals surface area contributed by atoms with Gasteiger partial charge in [0.2, 0.25) is 0 Å². The van der Waals surface area contributed by atoms with Gasteiger partial charge in [-0.15, -0.1) is 0 Å². The number of hydrogen-bond donors (Lipinski definition) is 1. The summed E-state index contributed by atoms with van der Waals surface area (Å²) < 4.78 is 5.27. The van der Waals surface area contributed by atoms with Crippen LogP contribution in [0.4, 0.5) is 0 Å². The molecule has 0 amide bonds. The number of benzene rings is 2. The van der Waals surface area contributed by atoms with E-state index in [2.05, 4.69) is 18.2 Å². The van der Waals surface area contributed by atoms with Crippen molar-refractivity contribution in [3.05, 3.63) is 65.2 Å². The highest BCUT2D eigenvalue weighted by molar-refractivity contribution is 5.43. The van der Waals surface area contributed by atoms with Crippen LogP contribution >= 0.6 is 0 Å². The first-order valence-electron chi connectivity index (χ1n) is 6.65. The maximum Gasteiger partial charge on any atom is 0.119 e. The second-order valence-electron chi connectivity index (χ2n) is 5.22. The van der Waals surface area contributed by atoms with Crippen LogP contribution in [0.1, 0.15) is 23.1 Å². The molecule has 2 aromatic carbocycles. The Morgan fingerprint density at radius 3 is 2.68 bits per heavy atom. The maximum atomic E-state index is 11.0. The Kier molecular flexibility index (Phi) is 3.03. The van der Waals surface area contributed by atoms with Gasteiger partial charge in [0, 0.05) is 6.42 Å². The van der Waals surface area contributed by atoms with Gasteiger partial charge in [0.05, 0.1) is 12.7 Å². The third-order valence-electron chi connectivity index (χ3n) is 3.97. The molecule has 1 N–H and O–H groups in total. The lowest BCUT2D eigenvalue weighted by molar-refractivity contribution is 0.0388. The van der Waals surface area contributed by atoms with Crippen LogP contribution in [-0.2, 0) is 18.4 Å². The van der Waals surface area contributed by atoms with Crippen molar-refractivity contribution in [1.82, 2.24) is 0 Å². The molecule has 0 saturated carbocycles. The van der Waals surface area contributed by atoms with Crippen molar-refractivity contribution in [2.75, 3.05) is 7.11 Å². The van der Waals surface area contributed by atoms with Crippen molar-refractivity contribution >= 4 is 0 Å². The molecule has 0 bridgehead atoms. The zero-order valence-corrected chi connectivity index (χ0v) is 11.1. The molecular weight excluding hydrogens is 236 g/mol. The first-order valence-corrected chi connectivity index (χ1v) is 6.65. The van der Waals surface area contributed by atoms with Gasteiger partial charge in [-0.1, -0.05) is 36.4 Å². The van der Waals surface area contributed by atoms with E-state index in [4.69, 9.17) is 4.74 Å². The van der Waals surface area contributed by atoms with E-state index >= 15 is 0 Å². The Hall–Kier alpha value is -1.80. The van der Waals surface area contributed by atoms with Gasteiger partial charge in [0.25, 0.3) is 0 Å². The summed E-state index contributed by atoms with van der Waals surface area (Å²) in [4.78, 5) is 0. The lowest BCUT2D eigenvalue weighted by Crippen LogP contribution is -2.25. The van der Waals surface area contributed by atoms with E-state index in [9.17, 15) is 5.11 Å². The van der Waals surface area contributed by atoms with Crippen LogP contribution in [0.15, 0.2) is 48.5 Å². The third-order valence-corrected chi connectivity index (χ3v) is 3.97. The number of aliphatic hydroxyl groups is 1. The number of aryl methyl sites for hydroxylation is 1. The molecule has 0 aromatic heterocycles. The Bertz CT molecular complexity index is 577. The van der Waals surface area contributed by atoms with Crippen molar-refractivity contribution in [3.63, 3.8) is 0 Å². The maximum absolute atomic E-state index is 11.0. The molecule has 2 heteroatoms. The summed E-state index contributed by atoms with van der Waals surface area (Å²) in [5, 5.41) is 11.0. The Morgan fingerprint density at radius 1 is 1.16 bits per heavy atom. The van der Waals surface area contributed by atoms with Crippen LogP contribution in [0.5, 0.6) is 5.75 Å². The van der Waals surface area contributed by atoms with Crippen molar-refractivity contribution in [3.8, 4) is 5.75 Å². The predicted octanol–water partition coefficient (Wildman–Crippen LogP) is 3.07. The van der Waals surface area contributed by atoms with Gasteiger partial charge >= 0.3 is 0 Å². The molecule has 3 rings (SSSR count). The first kappa shape index (κ1) is 12.2. The van der Waals surface area contributed by atoms with Crippen molar-refractivity contribution in [1.29, 1.82) is 0 Å². The van der Waals surface area contributed by atoms with Crippen molar-refractivity contribution in [2.24, 2.45) is 0 Å². The second kappa shape index (κ2) is 4.71. The highest BCUT2D eigenvalue weighted by Gasteiger charge is 2.36. The molecule has 2 nitrogen and oxygen atoms in total. The number of ether oxygens (including phenoxy) is 1. The van der Waals surface area contributed by atoms with Crippen LogP contribution in [0.2, 0.25) is 0 Å². The van der Waals surface area contributed by atoms with Crippen LogP contribution in [-0.4, -0.2) is 12.2 Å². The molecule has 98 valence electrons. The highest BCUT2D eigenvalue weighted by Crippen LogP contribution is 2.40. The van der Waals surface area contributed by atoms with Gasteiger partial charge in [-0.05, 0) is 41.7 Å². The minimum absolute atomic E-state index is 0.661. The van der Waals surface area contributed by atoms with Gasteiger partial charge in [-0.2, -0.15) is 0 Å². The fraction of sp³-hybridized carbons (Fsp3) is 0.294. The van der Waals surface area contributed by atoms with Crippen LogP contribution in [0.3, 0.4) is 0 Å². The molecule has 2 aromatic rings. The largest absolute Gasteiger partial charge is 0.497 e. The summed E-state index contributed by atoms with van der Waals surface area (Å²) in [6.45, 7) is 0. The van der Waals surface area contributed by atoms with E-state index in [-0.39, 0.29) is 0 Å². The summed E-state index contributed by atoms with van der Waals surface area (Å²) >= 11 is 0. The number of hydrogen-bond acceptors (Lipinski definition) is 2. The van der Waals surface area contributed by atoms with E-state index in [1.165, 1.54) is 11.1 Å². The highest BCUT2D eigenvalue weighted by atomic mass is 16.5. The van der Waals surface area contributed by atoms with E-state index in [0.29, 0.717) is 6.42 Å². The summed E-state index contributed by atoms with van der Waals surface area (Å²) in [7, 11) is 1.66. The minimum Gasteiger partial charge on any atom is -0.497 e. The number of methoxy groups -OCH3 is 1. The number of fused-ring (bicyclic) bond motifs is 1. The monoisotopic (exact) mass is 254 g/mol. The van der Waals surface area contributed by atoms with E-state index < -0.39 is 5.60 Å². The van der Waals surface area contributed by atoms with E-state index in [1.807, 2.05) is 30.3 Å². The standard InChI is InChI=1S/C17H18O2/c1-19-15-8-7-14-9-10-17(18,16(14)11-15)12-13-5-3-2-4-6-13/h2-8,11,18H,9-10,12H2,1H3. The number of rotatable bonds is 3. The lowest BCUT2D eigenvalue weighted by Gasteiger charge is -2.24. The molecule has 19 heavy (non-hydrogen) atoms. The Labute approximate surface area is 113 Å². The summed E-state index contributed by atoms with van der Waals surface area (Å²) in [6.07, 6.45) is 2.38. The third kappa shape index (κ3) is 2.24. The van der Waals surface area contributed by atoms with E-state index in [0.717, 1.165) is 24.2 Å². The van der Waals surface area contributed by atoms with Gasteiger partial charge in [-0.3, -0.25) is 0 Å². The zero-order chi connectivity index (χ0) is 13.3. The first-order chi connectivity index (χ1) is 9.21. The molecule has 0 spiro atoms. The molecule has 1 aliphatic carbocycles. The topological polar surface area (TPSA) is 29.5 Å². The average molecular weight is 254 g/mol. The fourth-order valence-electron chi connectivity index (χ4n) is 2.93. The van der Waals surface area contributed by atoms with Crippen LogP contribution in [0.25, 0.3) is 0 Å². The fourth-order valence-corrected chi connectivity index (χ4v) is 2.93. The van der Waals surface area contributed by atoms with Crippen LogP contribution < -0.4 is 4.74 Å². The molecule has 1 aliphatic rings. The molecule has 0 fully saturated rings. The lowest BCUT2D eigenvalue weighted by atomic mass is 9.89. The molecule has 0 heterocycles. The van der Waals surface area contributed by atoms with Crippen molar-refractivity contribution in [2.45, 2.75) is 24.9 Å². The Morgan fingerprint density at radius 2 is 1.95 bits per heavy atom. The predicted molar refractivity (Wildman–Crippen MR) is 75.4 cm³/mol. The van der Waals surface area contributed by atoms with Gasteiger partial charge in [0.1, 0.15) is 5.75 Å². The summed E-state index contributed by atoms with van der Waals surface area (Å²) in [5.41, 5.74) is 2.67. The molecule has 1 unspecified atom stereocenters. The zero-order valence-electron chi connectivity index (χ0n) is 11.1. The summed E-state index contributed by atoms with van der Waals surface area (Å²) in [5.74, 6) is 0.812. The van der Waals surface area contributed by atoms with E-state index in [1.54, 1.807) is 7.11 Å². The second-order valence-corrected chi connectivity index (χ2v) is 5.22. The smallest absolute Gasteiger partial charge is 0.119 e. The Balaban J connectivity index is 1.95. The minimum atomic E-state index is -0.759. The van der Waals surface area contributed by atoms with Gasteiger partial charge in [0.15, 0.2) is 0 Å². The SMILES string of the molecule is COc1ccc2c(c1)C(O)(Cc1ccccc1)CC2. The quantitative estimate of drug-likeness (QED) is 0.912. The van der Waals surface area contributed by atoms with Gasteiger partial charge in [-0.25, -0.2) is 0 Å². The van der Waals surface area contributed by atoms with Crippen molar-refractivity contribution < 1.29 is 9.84 Å². The normalized spacial score (nSPS) is 21.2. The molecule has 1 atom stereocenters. The van der Waals surface area contributed by atoms with Gasteiger partial charge < -0.3 is 9.84 Å². The summed E-state index contributed by atoms with van der Waals surface area (Å²) in [6, 6.07) is 16.2. The van der Waals surface area contributed by atoms with Crippen LogP contribution in [0, 0.1) is 0 Å². The molecule has 0 aliphatic heterocycles. The average Bonchev–Trinajstić information content (AvgIpc) is 2.77. The molecule has 0 radical (unpaired) electrons. The molecule has 0 saturated heterocycles.